The molecule has 2 saturated heterocycles. The lowest BCUT2D eigenvalue weighted by Gasteiger charge is -2.48. The third kappa shape index (κ3) is 11.2. The Kier molecular flexibility index (Phi) is 15.7. The van der Waals surface area contributed by atoms with Crippen LogP contribution in [0.4, 0.5) is 0 Å². The summed E-state index contributed by atoms with van der Waals surface area (Å²) < 4.78 is 32.4. The van der Waals surface area contributed by atoms with Gasteiger partial charge in [0.15, 0.2) is 12.6 Å². The first-order chi connectivity index (χ1) is 27.2. The highest BCUT2D eigenvalue weighted by Gasteiger charge is 2.49. The lowest BCUT2D eigenvalue weighted by Crippen LogP contribution is -2.53. The molecule has 57 heavy (non-hydrogen) atoms. The summed E-state index contributed by atoms with van der Waals surface area (Å²) >= 11 is 0. The number of ether oxygens (including phenoxy) is 5. The number of carbonyl (C=O) groups is 2. The van der Waals surface area contributed by atoms with Crippen LogP contribution in [-0.4, -0.2) is 49.9 Å². The van der Waals surface area contributed by atoms with Crippen LogP contribution in [0.25, 0.3) is 0 Å². The smallest absolute Gasteiger partial charge is 0.309 e. The van der Waals surface area contributed by atoms with E-state index in [2.05, 4.69) is 83.1 Å². The number of esters is 2. The van der Waals surface area contributed by atoms with Crippen LogP contribution in [0.1, 0.15) is 160 Å². The van der Waals surface area contributed by atoms with Gasteiger partial charge in [-0.25, -0.2) is 0 Å². The predicted molar refractivity (Wildman–Crippen MR) is 227 cm³/mol. The zero-order valence-corrected chi connectivity index (χ0v) is 38.5. The number of hydrogen-bond acceptors (Lipinski definition) is 7. The first-order valence-electron chi connectivity index (χ1n) is 24.5. The summed E-state index contributed by atoms with van der Waals surface area (Å²) in [5, 5.41) is 0. The second kappa shape index (κ2) is 19.7. The first-order valence-corrected chi connectivity index (χ1v) is 24.5. The minimum atomic E-state index is -0.480. The third-order valence-electron chi connectivity index (χ3n) is 17.8. The monoisotopic (exact) mass is 799 g/mol. The maximum Gasteiger partial charge on any atom is 0.309 e. The van der Waals surface area contributed by atoms with Crippen molar-refractivity contribution >= 4 is 11.9 Å². The zero-order chi connectivity index (χ0) is 41.3. The molecule has 0 aromatic carbocycles. The summed E-state index contributed by atoms with van der Waals surface area (Å²) in [4.78, 5) is 27.1. The molecular weight excluding hydrogens is 713 g/mol. The highest BCUT2D eigenvalue weighted by molar-refractivity contribution is 5.73. The van der Waals surface area contributed by atoms with Gasteiger partial charge >= 0.3 is 11.9 Å². The van der Waals surface area contributed by atoms with E-state index in [1.165, 1.54) is 51.4 Å². The van der Waals surface area contributed by atoms with Crippen LogP contribution in [-0.2, 0) is 33.3 Å². The summed E-state index contributed by atoms with van der Waals surface area (Å²) in [6.45, 7) is 27.3. The van der Waals surface area contributed by atoms with Gasteiger partial charge in [-0.3, -0.25) is 9.59 Å². The molecule has 0 bridgehead atoms. The van der Waals surface area contributed by atoms with Crippen molar-refractivity contribution in [3.8, 4) is 0 Å². The topological polar surface area (TPSA) is 80.3 Å². The van der Waals surface area contributed by atoms with E-state index < -0.39 is 12.6 Å². The standard InChI is InChI=1S/C50H86O7/c1-13-35-19-39(35)23-41-21-37(41)17-27(5)43(15-3)47(51)53-25-45-31(9)29(7)33(11)49(55-45)57-50-34(12)30(8)32(10)46(56-50)26-54-48(52)44(16-4)28(6)18-38-22-42(38)24-40-20-36(40)14-2/h27-46,49-50H,13-26H2,1-12H3/t27-,28-,29?,30?,31?,32?,33?,34?,35+,36+,37-,38-,39+,40+,41-,42-,43-,44-,45?,46?,49?,50?/m1/s1. The molecule has 6 rings (SSSR count). The van der Waals surface area contributed by atoms with Gasteiger partial charge in [-0.2, -0.15) is 0 Å². The summed E-state index contributed by atoms with van der Waals surface area (Å²) in [5.41, 5.74) is 0. The molecule has 6 fully saturated rings. The van der Waals surface area contributed by atoms with Crippen LogP contribution in [0.3, 0.4) is 0 Å². The van der Waals surface area contributed by atoms with Crippen LogP contribution >= 0.6 is 0 Å². The maximum atomic E-state index is 13.6. The minimum Gasteiger partial charge on any atom is -0.463 e. The van der Waals surface area contributed by atoms with Crippen LogP contribution in [0.2, 0.25) is 0 Å². The fourth-order valence-electron chi connectivity index (χ4n) is 12.0. The van der Waals surface area contributed by atoms with Crippen molar-refractivity contribution in [1.29, 1.82) is 0 Å². The van der Waals surface area contributed by atoms with E-state index in [1.54, 1.807) is 0 Å². The molecule has 328 valence electrons. The number of carbonyl (C=O) groups excluding carboxylic acids is 2. The highest BCUT2D eigenvalue weighted by Crippen LogP contribution is 2.56. The molecule has 22 atom stereocenters. The summed E-state index contributed by atoms with van der Waals surface area (Å²) in [5.74, 6) is 8.93. The van der Waals surface area contributed by atoms with E-state index in [9.17, 15) is 9.59 Å². The van der Waals surface area contributed by atoms with Crippen molar-refractivity contribution in [2.75, 3.05) is 13.2 Å². The molecule has 4 aliphatic carbocycles. The number of rotatable bonds is 22. The van der Waals surface area contributed by atoms with E-state index in [1.807, 2.05) is 0 Å². The van der Waals surface area contributed by atoms with Crippen LogP contribution in [0, 0.1) is 107 Å². The lowest BCUT2D eigenvalue weighted by molar-refractivity contribution is -0.344. The second-order valence-corrected chi connectivity index (χ2v) is 21.4. The second-order valence-electron chi connectivity index (χ2n) is 21.4. The Morgan fingerprint density at radius 2 is 0.860 bits per heavy atom. The predicted octanol–water partition coefficient (Wildman–Crippen LogP) is 11.6. The van der Waals surface area contributed by atoms with E-state index >= 15 is 0 Å². The molecule has 0 N–H and O–H groups in total. The SMILES string of the molecule is CC[C@H]1C[C@H]1C[C@H]1C[C@H]1C[C@@H](C)[C@@H](CC)C(=O)OCC1OC(OC2OC(COC(=O)[C@H](CC)[C@H](C)C[C@@H]3C[C@@H]3C[C@@H]3C[C@@H]3CC)C(C)C(C)C2C)C(C)C(C)C1C. The summed E-state index contributed by atoms with van der Waals surface area (Å²) in [6, 6.07) is 0. The van der Waals surface area contributed by atoms with Crippen molar-refractivity contribution in [3.63, 3.8) is 0 Å². The Balaban J connectivity index is 0.965. The Labute approximate surface area is 348 Å². The van der Waals surface area contributed by atoms with Crippen LogP contribution in [0.5, 0.6) is 0 Å². The fraction of sp³-hybridized carbons (Fsp3) is 0.960. The van der Waals surface area contributed by atoms with Gasteiger partial charge in [0.1, 0.15) is 13.2 Å². The van der Waals surface area contributed by atoms with Crippen LogP contribution in [0.15, 0.2) is 0 Å². The molecule has 6 aliphatic rings. The van der Waals surface area contributed by atoms with E-state index in [-0.39, 0.29) is 72.9 Å². The molecule has 0 amide bonds. The van der Waals surface area contributed by atoms with E-state index in [0.717, 1.165) is 73.0 Å². The molecular formula is C50H86O7. The Bertz CT molecular complexity index is 1210. The molecule has 0 aromatic rings. The van der Waals surface area contributed by atoms with E-state index in [0.29, 0.717) is 23.7 Å². The molecule has 10 unspecified atom stereocenters. The van der Waals surface area contributed by atoms with Gasteiger partial charge in [0.2, 0.25) is 0 Å². The Hall–Kier alpha value is -1.18. The Morgan fingerprint density at radius 3 is 1.19 bits per heavy atom. The average Bonchev–Trinajstić information content (AvgIpc) is 4.01. The third-order valence-corrected chi connectivity index (χ3v) is 17.8. The molecule has 7 heteroatoms. The first kappa shape index (κ1) is 45.3. The fourth-order valence-corrected chi connectivity index (χ4v) is 12.0. The molecule has 7 nitrogen and oxygen atoms in total. The van der Waals surface area contributed by atoms with Gasteiger partial charge in [-0.05, 0) is 147 Å². The maximum absolute atomic E-state index is 13.6. The highest BCUT2D eigenvalue weighted by atomic mass is 16.8. The molecule has 2 aliphatic heterocycles. The van der Waals surface area contributed by atoms with Gasteiger partial charge in [0.25, 0.3) is 0 Å². The molecule has 0 radical (unpaired) electrons. The van der Waals surface area contributed by atoms with Crippen molar-refractivity contribution < 1.29 is 33.3 Å². The van der Waals surface area contributed by atoms with Crippen molar-refractivity contribution in [2.24, 2.45) is 107 Å². The summed E-state index contributed by atoms with van der Waals surface area (Å²) in [7, 11) is 0. The van der Waals surface area contributed by atoms with Gasteiger partial charge < -0.3 is 23.7 Å². The summed E-state index contributed by atoms with van der Waals surface area (Å²) in [6.07, 6.45) is 13.5. The van der Waals surface area contributed by atoms with Crippen molar-refractivity contribution in [3.05, 3.63) is 0 Å². The lowest BCUT2D eigenvalue weighted by atomic mass is 9.78. The van der Waals surface area contributed by atoms with E-state index in [4.69, 9.17) is 23.7 Å². The quantitative estimate of drug-likeness (QED) is 0.101. The molecule has 2 heterocycles. The normalized spacial score (nSPS) is 44.4. The van der Waals surface area contributed by atoms with Gasteiger partial charge in [0.05, 0.1) is 24.0 Å². The molecule has 0 spiro atoms. The Morgan fingerprint density at radius 1 is 0.509 bits per heavy atom. The van der Waals surface area contributed by atoms with Crippen LogP contribution < -0.4 is 0 Å². The molecule has 0 aromatic heterocycles. The van der Waals surface area contributed by atoms with Crippen molar-refractivity contribution in [2.45, 2.75) is 185 Å². The largest absolute Gasteiger partial charge is 0.463 e. The van der Waals surface area contributed by atoms with Gasteiger partial charge in [-0.1, -0.05) is 95.9 Å². The van der Waals surface area contributed by atoms with Crippen molar-refractivity contribution in [1.82, 2.24) is 0 Å². The van der Waals surface area contributed by atoms with Gasteiger partial charge in [-0.15, -0.1) is 0 Å². The molecule has 4 saturated carbocycles. The average molecular weight is 799 g/mol. The van der Waals surface area contributed by atoms with Gasteiger partial charge in [0, 0.05) is 11.8 Å². The zero-order valence-electron chi connectivity index (χ0n) is 38.5. The minimum absolute atomic E-state index is 0.0732. The number of hydrogen-bond donors (Lipinski definition) is 0.